The topological polar surface area (TPSA) is 8.17 Å². The van der Waals surface area contributed by atoms with Crippen LogP contribution in [0.4, 0.5) is 17.1 Å². The highest BCUT2D eigenvalue weighted by Gasteiger charge is 2.48. The lowest BCUT2D eigenvalue weighted by Crippen LogP contribution is -2.28. The van der Waals surface area contributed by atoms with Gasteiger partial charge in [-0.15, -0.1) is 0 Å². The van der Waals surface area contributed by atoms with Gasteiger partial charge in [0.25, 0.3) is 0 Å². The zero-order chi connectivity index (χ0) is 56.8. The molecule has 2 aliphatic carbocycles. The van der Waals surface area contributed by atoms with Gasteiger partial charge in [-0.25, -0.2) is 0 Å². The molecule has 0 amide bonds. The van der Waals surface area contributed by atoms with Crippen molar-refractivity contribution >= 4 is 49.6 Å². The first kappa shape index (κ1) is 49.5. The van der Waals surface area contributed by atoms with Gasteiger partial charge in [0.1, 0.15) is 0 Å². The van der Waals surface area contributed by atoms with Crippen molar-refractivity contribution in [2.75, 3.05) is 4.90 Å². The number of para-hydroxylation sites is 1. The van der Waals surface area contributed by atoms with Gasteiger partial charge in [-0.05, 0) is 173 Å². The Morgan fingerprint density at radius 3 is 1.23 bits per heavy atom. The third-order valence-corrected chi connectivity index (χ3v) is 18.8. The van der Waals surface area contributed by atoms with E-state index in [-0.39, 0.29) is 0 Å². The zero-order valence-corrected chi connectivity index (χ0v) is 47.2. The second-order valence-electron chi connectivity index (χ2n) is 23.1. The van der Waals surface area contributed by atoms with Crippen LogP contribution < -0.4 is 4.90 Å². The molecule has 2 heteroatoms. The maximum absolute atomic E-state index is 2.50. The molecule has 2 aliphatic rings. The molecule has 0 fully saturated rings. The summed E-state index contributed by atoms with van der Waals surface area (Å²) in [7, 11) is 0. The highest BCUT2D eigenvalue weighted by Crippen LogP contribution is 2.59. The second kappa shape index (κ2) is 19.8. The Morgan fingerprint density at radius 2 is 0.651 bits per heavy atom. The van der Waals surface area contributed by atoms with E-state index in [4.69, 9.17) is 0 Å². The fourth-order valence-corrected chi connectivity index (χ4v) is 15.1. The summed E-state index contributed by atoms with van der Waals surface area (Å²) in [6.07, 6.45) is 0. The highest BCUT2D eigenvalue weighted by atomic mass is 15.1. The maximum Gasteiger partial charge on any atom is 0.0714 e. The number of hydrogen-bond donors (Lipinski definition) is 0. The summed E-state index contributed by atoms with van der Waals surface area (Å²) >= 11 is 0. The molecule has 86 heavy (non-hydrogen) atoms. The monoisotopic (exact) mass is 1090 g/mol. The van der Waals surface area contributed by atoms with Gasteiger partial charge in [0.15, 0.2) is 0 Å². The Hall–Kier alpha value is -11.1. The van der Waals surface area contributed by atoms with E-state index in [0.717, 1.165) is 33.9 Å². The summed E-state index contributed by atoms with van der Waals surface area (Å²) in [5.74, 6) is 0. The molecule has 0 unspecified atom stereocenters. The Kier molecular flexibility index (Phi) is 11.4. The van der Waals surface area contributed by atoms with Crippen LogP contribution in [0.1, 0.15) is 44.5 Å². The van der Waals surface area contributed by atoms with Crippen LogP contribution in [0.25, 0.3) is 82.8 Å². The fourth-order valence-electron chi connectivity index (χ4n) is 15.1. The number of hydrogen-bond acceptors (Lipinski definition) is 1. The third-order valence-electron chi connectivity index (χ3n) is 18.8. The second-order valence-corrected chi connectivity index (χ2v) is 23.1. The number of fused-ring (bicyclic) bond motifs is 10. The highest BCUT2D eigenvalue weighted by molar-refractivity contribution is 6.11. The van der Waals surface area contributed by atoms with Crippen LogP contribution in [-0.4, -0.2) is 4.57 Å². The molecular formula is C84H56N2. The SMILES string of the molecule is c1ccc(-n2c3ccc(-c4ccc(N(c5ccc(-c6cccc7ccccc67)cc5)c5ccc6c(c5)C(c5ccccc5)(c5ccccc5)c5ccccc5-6)cc4)cc3c3cc(C4(c5ccccc5)c5ccccc5-c5ccccc54)ccc32)cc1. The van der Waals surface area contributed by atoms with E-state index in [1.807, 2.05) is 0 Å². The van der Waals surface area contributed by atoms with Crippen LogP contribution in [0.5, 0.6) is 0 Å². The minimum atomic E-state index is -0.546. The fraction of sp³-hybridized carbons (Fsp3) is 0.0238. The first-order valence-corrected chi connectivity index (χ1v) is 29.9. The predicted octanol–water partition coefficient (Wildman–Crippen LogP) is 21.5. The molecule has 15 aromatic rings. The lowest BCUT2D eigenvalue weighted by atomic mass is 9.67. The number of nitrogens with zero attached hydrogens (tertiary/aromatic N) is 2. The molecule has 0 saturated carbocycles. The normalized spacial score (nSPS) is 13.3. The van der Waals surface area contributed by atoms with Crippen molar-refractivity contribution in [3.8, 4) is 50.2 Å². The van der Waals surface area contributed by atoms with Crippen LogP contribution in [0.3, 0.4) is 0 Å². The molecule has 0 N–H and O–H groups in total. The lowest BCUT2D eigenvalue weighted by molar-refractivity contribution is 0.768. The van der Waals surface area contributed by atoms with Crippen molar-refractivity contribution in [2.24, 2.45) is 0 Å². The summed E-state index contributed by atoms with van der Waals surface area (Å²) in [5.41, 5.74) is 25.6. The van der Waals surface area contributed by atoms with Gasteiger partial charge in [0.2, 0.25) is 0 Å². The van der Waals surface area contributed by atoms with Crippen molar-refractivity contribution in [1.29, 1.82) is 0 Å². The zero-order valence-electron chi connectivity index (χ0n) is 47.2. The smallest absolute Gasteiger partial charge is 0.0714 e. The van der Waals surface area contributed by atoms with Crippen molar-refractivity contribution in [2.45, 2.75) is 10.8 Å². The van der Waals surface area contributed by atoms with E-state index in [2.05, 4.69) is 349 Å². The number of rotatable bonds is 10. The first-order chi connectivity index (χ1) is 42.7. The van der Waals surface area contributed by atoms with Gasteiger partial charge in [0.05, 0.1) is 21.9 Å². The minimum absolute atomic E-state index is 0.521. The molecule has 0 radical (unpaired) electrons. The van der Waals surface area contributed by atoms with Gasteiger partial charge in [-0.3, -0.25) is 0 Å². The van der Waals surface area contributed by atoms with Gasteiger partial charge < -0.3 is 9.47 Å². The molecule has 17 rings (SSSR count). The third kappa shape index (κ3) is 7.39. The quantitative estimate of drug-likeness (QED) is 0.132. The van der Waals surface area contributed by atoms with Crippen molar-refractivity contribution in [1.82, 2.24) is 4.57 Å². The van der Waals surface area contributed by atoms with Gasteiger partial charge in [-0.2, -0.15) is 0 Å². The molecular weight excluding hydrogens is 1040 g/mol. The lowest BCUT2D eigenvalue weighted by Gasteiger charge is -2.35. The van der Waals surface area contributed by atoms with Crippen LogP contribution in [-0.2, 0) is 10.8 Å². The average molecular weight is 1090 g/mol. The van der Waals surface area contributed by atoms with Crippen LogP contribution in [0.2, 0.25) is 0 Å². The largest absolute Gasteiger partial charge is 0.310 e. The number of aromatic nitrogens is 1. The van der Waals surface area contributed by atoms with E-state index in [9.17, 15) is 0 Å². The Morgan fingerprint density at radius 1 is 0.233 bits per heavy atom. The molecule has 0 bridgehead atoms. The van der Waals surface area contributed by atoms with Gasteiger partial charge >= 0.3 is 0 Å². The van der Waals surface area contributed by atoms with Crippen LogP contribution >= 0.6 is 0 Å². The van der Waals surface area contributed by atoms with Crippen molar-refractivity contribution in [3.05, 3.63) is 384 Å². The van der Waals surface area contributed by atoms with E-state index >= 15 is 0 Å². The minimum Gasteiger partial charge on any atom is -0.310 e. The first-order valence-electron chi connectivity index (χ1n) is 29.9. The predicted molar refractivity (Wildman–Crippen MR) is 358 cm³/mol. The number of benzene rings is 14. The molecule has 1 heterocycles. The molecule has 14 aromatic carbocycles. The molecule has 1 aromatic heterocycles. The van der Waals surface area contributed by atoms with Crippen molar-refractivity contribution < 1.29 is 0 Å². The summed E-state index contributed by atoms with van der Waals surface area (Å²) in [5, 5.41) is 4.91. The summed E-state index contributed by atoms with van der Waals surface area (Å²) in [6.45, 7) is 0. The molecule has 2 nitrogen and oxygen atoms in total. The van der Waals surface area contributed by atoms with Crippen LogP contribution in [0.15, 0.2) is 340 Å². The average Bonchev–Trinajstić information content (AvgIpc) is 1.58. The Balaban J connectivity index is 0.835. The molecule has 0 spiro atoms. The maximum atomic E-state index is 2.50. The Labute approximate surface area is 501 Å². The molecule has 0 atom stereocenters. The van der Waals surface area contributed by atoms with Gasteiger partial charge in [0, 0.05) is 33.5 Å². The van der Waals surface area contributed by atoms with E-state index in [1.165, 1.54) is 110 Å². The molecule has 0 saturated heterocycles. The standard InChI is InChI=1S/C84H56N2/c1-5-24-61(25-6-1)83(62-26-7-2-8-27-62)77-37-18-17-35-73(77)74-51-50-68(56-80(74)83)85(67-48-42-59(43-49-67)70-36-21-23-58-22-13-14-32-69(58)70)66-46-40-57(41-47-66)60-44-52-81-75(54-60)76-55-64(45-53-82(76)86(81)65-30-11-4-12-31-65)84(63-28-9-3-10-29-63)78-38-19-15-33-71(78)72-34-16-20-39-79(72)84/h1-56H. The van der Waals surface area contributed by atoms with E-state index in [1.54, 1.807) is 0 Å². The molecule has 402 valence electrons. The molecule has 0 aliphatic heterocycles. The Bertz CT molecular complexity index is 4990. The van der Waals surface area contributed by atoms with E-state index in [0.29, 0.717) is 0 Å². The number of anilines is 3. The summed E-state index contributed by atoms with van der Waals surface area (Å²) in [4.78, 5) is 2.45. The van der Waals surface area contributed by atoms with Crippen LogP contribution in [0, 0.1) is 0 Å². The van der Waals surface area contributed by atoms with E-state index < -0.39 is 10.8 Å². The van der Waals surface area contributed by atoms with Gasteiger partial charge in [-0.1, -0.05) is 267 Å². The van der Waals surface area contributed by atoms with Crippen molar-refractivity contribution in [3.63, 3.8) is 0 Å². The summed E-state index contributed by atoms with van der Waals surface area (Å²) in [6, 6.07) is 126. The summed E-state index contributed by atoms with van der Waals surface area (Å²) < 4.78 is 2.44.